The summed E-state index contributed by atoms with van der Waals surface area (Å²) in [5.41, 5.74) is 2.86. The van der Waals surface area contributed by atoms with Crippen molar-refractivity contribution in [2.75, 3.05) is 52.4 Å². The Balaban J connectivity index is 0.900. The Morgan fingerprint density at radius 1 is 0.370 bits per heavy atom. The molecule has 2 N–H and O–H groups in total. The summed E-state index contributed by atoms with van der Waals surface area (Å²) in [5.74, 6) is 0. The minimum absolute atomic E-state index is 0.971. The monoisotopic (exact) mass is 600 g/mol. The van der Waals surface area contributed by atoms with Gasteiger partial charge in [0.1, 0.15) is 0 Å². The van der Waals surface area contributed by atoms with E-state index in [-0.39, 0.29) is 0 Å². The molecule has 1 heterocycles. The van der Waals surface area contributed by atoms with E-state index in [1.807, 2.05) is 0 Å². The van der Waals surface area contributed by atoms with Crippen LogP contribution in [0.15, 0.2) is 109 Å². The van der Waals surface area contributed by atoms with Crippen LogP contribution in [0.1, 0.15) is 11.1 Å². The van der Waals surface area contributed by atoms with Crippen molar-refractivity contribution in [3.05, 3.63) is 120 Å². The summed E-state index contributed by atoms with van der Waals surface area (Å²) in [7, 11) is 0. The predicted molar refractivity (Wildman–Crippen MR) is 197 cm³/mol. The second-order valence-corrected chi connectivity index (χ2v) is 13.2. The van der Waals surface area contributed by atoms with E-state index in [1.165, 1.54) is 75.8 Å². The lowest BCUT2D eigenvalue weighted by Crippen LogP contribution is -2.42. The zero-order chi connectivity index (χ0) is 30.5. The maximum absolute atomic E-state index is 3.79. The van der Waals surface area contributed by atoms with Crippen molar-refractivity contribution in [2.45, 2.75) is 13.1 Å². The van der Waals surface area contributed by atoms with Crippen LogP contribution >= 0.6 is 0 Å². The number of rotatable bonds is 4. The number of nitrogens with zero attached hydrogens (tertiary/aromatic N) is 2. The summed E-state index contributed by atoms with van der Waals surface area (Å²) >= 11 is 0. The van der Waals surface area contributed by atoms with Gasteiger partial charge in [0.25, 0.3) is 0 Å². The van der Waals surface area contributed by atoms with Crippen LogP contribution in [0.5, 0.6) is 0 Å². The van der Waals surface area contributed by atoms with Gasteiger partial charge in [-0.3, -0.25) is 9.80 Å². The van der Waals surface area contributed by atoms with Crippen LogP contribution in [0.2, 0.25) is 0 Å². The first-order valence-corrected chi connectivity index (χ1v) is 17.0. The molecule has 0 aromatic heterocycles. The van der Waals surface area contributed by atoms with Crippen LogP contribution in [-0.2, 0) is 13.1 Å². The highest BCUT2D eigenvalue weighted by molar-refractivity contribution is 6.24. The number of hydrogen-bond acceptors (Lipinski definition) is 4. The van der Waals surface area contributed by atoms with Gasteiger partial charge < -0.3 is 10.6 Å². The highest BCUT2D eigenvalue weighted by atomic mass is 15.2. The first-order valence-electron chi connectivity index (χ1n) is 17.0. The minimum atomic E-state index is 0.971. The Morgan fingerprint density at radius 2 is 0.696 bits per heavy atom. The average Bonchev–Trinajstić information content (AvgIpc) is 3.09. The molecule has 228 valence electrons. The molecule has 0 unspecified atom stereocenters. The first kappa shape index (κ1) is 27.9. The maximum Gasteiger partial charge on any atom is 0.0240 e. The van der Waals surface area contributed by atoms with Crippen molar-refractivity contribution in [1.29, 1.82) is 0 Å². The normalized spacial score (nSPS) is 16.7. The zero-order valence-corrected chi connectivity index (χ0v) is 26.4. The van der Waals surface area contributed by atoms with E-state index in [2.05, 4.69) is 130 Å². The standard InChI is InChI=1S/C42H40N4/c1-3-29-7-9-33-11-13-35(37-17-15-31(5-1)39(29)41(33)37)27-45-23-19-43-21-25-46(26-22-44-20-24-45)28-36-14-12-34-10-8-30-4-2-6-32-16-18-38(36)42(34)40(30)32/h1-18,43-44H,19-28H2. The van der Waals surface area contributed by atoms with Gasteiger partial charge in [-0.25, -0.2) is 0 Å². The Kier molecular flexibility index (Phi) is 7.17. The lowest BCUT2D eigenvalue weighted by atomic mass is 9.92. The lowest BCUT2D eigenvalue weighted by Gasteiger charge is -2.28. The first-order chi connectivity index (χ1) is 22.8. The second-order valence-electron chi connectivity index (χ2n) is 13.2. The smallest absolute Gasteiger partial charge is 0.0240 e. The molecule has 0 saturated carbocycles. The molecule has 1 fully saturated rings. The van der Waals surface area contributed by atoms with Crippen LogP contribution in [-0.4, -0.2) is 62.2 Å². The molecule has 8 aromatic rings. The van der Waals surface area contributed by atoms with Crippen LogP contribution in [0.25, 0.3) is 64.6 Å². The third kappa shape index (κ3) is 4.94. The van der Waals surface area contributed by atoms with Gasteiger partial charge in [-0.2, -0.15) is 0 Å². The molecule has 0 bridgehead atoms. The van der Waals surface area contributed by atoms with Gasteiger partial charge in [0, 0.05) is 65.4 Å². The van der Waals surface area contributed by atoms with Crippen LogP contribution in [0, 0.1) is 0 Å². The van der Waals surface area contributed by atoms with Crippen molar-refractivity contribution in [3.8, 4) is 0 Å². The molecule has 1 aliphatic heterocycles. The molecule has 0 aliphatic carbocycles. The van der Waals surface area contributed by atoms with E-state index in [0.29, 0.717) is 0 Å². The van der Waals surface area contributed by atoms with Crippen molar-refractivity contribution >= 4 is 64.6 Å². The Morgan fingerprint density at radius 3 is 1.09 bits per heavy atom. The maximum atomic E-state index is 3.79. The fourth-order valence-corrected chi connectivity index (χ4v) is 8.09. The number of nitrogens with one attached hydrogen (secondary N) is 2. The molecule has 0 atom stereocenters. The topological polar surface area (TPSA) is 30.5 Å². The quantitative estimate of drug-likeness (QED) is 0.201. The largest absolute Gasteiger partial charge is 0.314 e. The van der Waals surface area contributed by atoms with Crippen molar-refractivity contribution in [2.24, 2.45) is 0 Å². The van der Waals surface area contributed by atoms with E-state index in [4.69, 9.17) is 0 Å². The van der Waals surface area contributed by atoms with E-state index in [1.54, 1.807) is 0 Å². The highest BCUT2D eigenvalue weighted by Crippen LogP contribution is 2.37. The van der Waals surface area contributed by atoms with Crippen molar-refractivity contribution < 1.29 is 0 Å². The molecular formula is C42H40N4. The summed E-state index contributed by atoms with van der Waals surface area (Å²) in [6.45, 7) is 10.1. The van der Waals surface area contributed by atoms with Gasteiger partial charge in [0.2, 0.25) is 0 Å². The van der Waals surface area contributed by atoms with E-state index in [9.17, 15) is 0 Å². The third-order valence-corrected chi connectivity index (χ3v) is 10.4. The van der Waals surface area contributed by atoms with Crippen LogP contribution in [0.4, 0.5) is 0 Å². The van der Waals surface area contributed by atoms with Crippen molar-refractivity contribution in [3.63, 3.8) is 0 Å². The fraction of sp³-hybridized carbons (Fsp3) is 0.238. The highest BCUT2D eigenvalue weighted by Gasteiger charge is 2.16. The van der Waals surface area contributed by atoms with Gasteiger partial charge in [0.05, 0.1) is 0 Å². The van der Waals surface area contributed by atoms with E-state index >= 15 is 0 Å². The average molecular weight is 601 g/mol. The molecule has 46 heavy (non-hydrogen) atoms. The molecule has 4 nitrogen and oxygen atoms in total. The van der Waals surface area contributed by atoms with E-state index in [0.717, 1.165) is 65.4 Å². The summed E-state index contributed by atoms with van der Waals surface area (Å²) in [6.07, 6.45) is 0. The second kappa shape index (κ2) is 11.8. The summed E-state index contributed by atoms with van der Waals surface area (Å²) in [5, 5.41) is 24.0. The molecule has 1 aliphatic rings. The van der Waals surface area contributed by atoms with Gasteiger partial charge in [0.15, 0.2) is 0 Å². The summed E-state index contributed by atoms with van der Waals surface area (Å²) in [4.78, 5) is 5.24. The molecule has 0 spiro atoms. The van der Waals surface area contributed by atoms with Gasteiger partial charge in [-0.05, 0) is 75.8 Å². The van der Waals surface area contributed by atoms with E-state index < -0.39 is 0 Å². The molecule has 1 saturated heterocycles. The summed E-state index contributed by atoms with van der Waals surface area (Å²) < 4.78 is 0. The van der Waals surface area contributed by atoms with Crippen LogP contribution in [0.3, 0.4) is 0 Å². The predicted octanol–water partition coefficient (Wildman–Crippen LogP) is 7.98. The zero-order valence-electron chi connectivity index (χ0n) is 26.4. The molecule has 0 amide bonds. The van der Waals surface area contributed by atoms with Crippen molar-refractivity contribution in [1.82, 2.24) is 20.4 Å². The molecular weight excluding hydrogens is 560 g/mol. The third-order valence-electron chi connectivity index (χ3n) is 10.4. The SMILES string of the molecule is c1cc2ccc3ccc(CN4CCNCCN(Cc5ccc6ccc7cccc8ccc5c6c78)CCNCC4)c4ccc(c1)c2c34. The summed E-state index contributed by atoms with van der Waals surface area (Å²) in [6, 6.07) is 41.1. The van der Waals surface area contributed by atoms with Crippen LogP contribution < -0.4 is 10.6 Å². The van der Waals surface area contributed by atoms with Gasteiger partial charge in [-0.1, -0.05) is 109 Å². The molecule has 8 aromatic carbocycles. The van der Waals surface area contributed by atoms with Gasteiger partial charge >= 0.3 is 0 Å². The molecule has 4 heteroatoms. The number of benzene rings is 8. The minimum Gasteiger partial charge on any atom is -0.314 e. The molecule has 9 rings (SSSR count). The lowest BCUT2D eigenvalue weighted by molar-refractivity contribution is 0.234. The fourth-order valence-electron chi connectivity index (χ4n) is 8.09. The van der Waals surface area contributed by atoms with Gasteiger partial charge in [-0.15, -0.1) is 0 Å². The Bertz CT molecular complexity index is 2100. The Hall–Kier alpha value is -4.32. The Labute approximate surface area is 270 Å². The number of hydrogen-bond donors (Lipinski definition) is 2. The molecule has 0 radical (unpaired) electrons.